The van der Waals surface area contributed by atoms with Gasteiger partial charge in [-0.2, -0.15) is 0 Å². The predicted molar refractivity (Wildman–Crippen MR) is 74.7 cm³/mol. The van der Waals surface area contributed by atoms with Gasteiger partial charge in [0.1, 0.15) is 0 Å². The zero-order valence-electron chi connectivity index (χ0n) is 10.3. The lowest BCUT2D eigenvalue weighted by Crippen LogP contribution is -2.42. The number of carbonyl (C=O) groups is 2. The number of likely N-dealkylation sites (tertiary alicyclic amines) is 1. The smallest absolute Gasteiger partial charge is 0.254 e. The van der Waals surface area contributed by atoms with Crippen molar-refractivity contribution >= 4 is 23.0 Å². The van der Waals surface area contributed by atoms with Crippen LogP contribution >= 0.6 is 11.3 Å². The van der Waals surface area contributed by atoms with Crippen molar-refractivity contribution in [3.63, 3.8) is 0 Å². The highest BCUT2D eigenvalue weighted by atomic mass is 32.1. The standard InChI is InChI=1S/C15H13NO2S/c17-14(13-7-3-10-19-13)11-5-1-2-6-12(11)15(18)16-8-4-9-16/h1-3,5-7,10H,4,8-9H2. The van der Waals surface area contributed by atoms with E-state index in [1.165, 1.54) is 11.3 Å². The van der Waals surface area contributed by atoms with Crippen LogP contribution in [0, 0.1) is 0 Å². The number of hydrogen-bond acceptors (Lipinski definition) is 3. The minimum atomic E-state index is -0.0699. The quantitative estimate of drug-likeness (QED) is 0.805. The molecule has 2 heterocycles. The van der Waals surface area contributed by atoms with Gasteiger partial charge < -0.3 is 4.90 Å². The molecule has 0 unspecified atom stereocenters. The summed E-state index contributed by atoms with van der Waals surface area (Å²) >= 11 is 1.40. The lowest BCUT2D eigenvalue weighted by molar-refractivity contribution is 0.0648. The van der Waals surface area contributed by atoms with Gasteiger partial charge in [0.2, 0.25) is 5.78 Å². The average Bonchev–Trinajstić information content (AvgIpc) is 2.89. The van der Waals surface area contributed by atoms with E-state index in [0.29, 0.717) is 16.0 Å². The summed E-state index contributed by atoms with van der Waals surface area (Å²) in [7, 11) is 0. The molecule has 1 aliphatic rings. The van der Waals surface area contributed by atoms with Gasteiger partial charge in [-0.1, -0.05) is 24.3 Å². The molecule has 0 aliphatic carbocycles. The SMILES string of the molecule is O=C(c1cccs1)c1ccccc1C(=O)N1CCC1. The van der Waals surface area contributed by atoms with E-state index in [0.717, 1.165) is 19.5 Å². The number of benzene rings is 1. The minimum absolute atomic E-state index is 0.0354. The Morgan fingerprint density at radius 1 is 1.00 bits per heavy atom. The normalized spacial score (nSPS) is 14.0. The molecule has 0 spiro atoms. The largest absolute Gasteiger partial charge is 0.338 e. The Bertz CT molecular complexity index is 615. The second kappa shape index (κ2) is 4.97. The molecule has 1 aromatic carbocycles. The molecule has 2 aromatic rings. The highest BCUT2D eigenvalue weighted by Crippen LogP contribution is 2.21. The molecule has 0 saturated carbocycles. The van der Waals surface area contributed by atoms with Crippen molar-refractivity contribution in [1.29, 1.82) is 0 Å². The maximum absolute atomic E-state index is 12.4. The van der Waals surface area contributed by atoms with Gasteiger partial charge in [-0.3, -0.25) is 9.59 Å². The van der Waals surface area contributed by atoms with Crippen LogP contribution in [0.2, 0.25) is 0 Å². The van der Waals surface area contributed by atoms with Crippen molar-refractivity contribution in [1.82, 2.24) is 4.90 Å². The highest BCUT2D eigenvalue weighted by molar-refractivity contribution is 7.12. The fourth-order valence-corrected chi connectivity index (χ4v) is 2.78. The zero-order valence-corrected chi connectivity index (χ0v) is 11.2. The summed E-state index contributed by atoms with van der Waals surface area (Å²) in [5, 5.41) is 1.87. The molecule has 0 radical (unpaired) electrons. The summed E-state index contributed by atoms with van der Waals surface area (Å²) < 4.78 is 0. The van der Waals surface area contributed by atoms with Gasteiger partial charge in [-0.25, -0.2) is 0 Å². The summed E-state index contributed by atoms with van der Waals surface area (Å²) in [6, 6.07) is 10.7. The lowest BCUT2D eigenvalue weighted by atomic mass is 10.0. The van der Waals surface area contributed by atoms with Gasteiger partial charge in [0.25, 0.3) is 5.91 Å². The fraction of sp³-hybridized carbons (Fsp3) is 0.200. The molecule has 1 fully saturated rings. The van der Waals surface area contributed by atoms with Gasteiger partial charge >= 0.3 is 0 Å². The zero-order chi connectivity index (χ0) is 13.2. The van der Waals surface area contributed by atoms with Gasteiger partial charge in [-0.05, 0) is 23.9 Å². The van der Waals surface area contributed by atoms with Crippen LogP contribution in [0.4, 0.5) is 0 Å². The van der Waals surface area contributed by atoms with E-state index in [-0.39, 0.29) is 11.7 Å². The Balaban J connectivity index is 1.97. The van der Waals surface area contributed by atoms with Crippen molar-refractivity contribution in [2.75, 3.05) is 13.1 Å². The first-order valence-electron chi connectivity index (χ1n) is 6.24. The summed E-state index contributed by atoms with van der Waals surface area (Å²) in [5.74, 6) is -0.105. The topological polar surface area (TPSA) is 37.4 Å². The third kappa shape index (κ3) is 2.19. The van der Waals surface area contributed by atoms with Gasteiger partial charge in [0, 0.05) is 18.7 Å². The van der Waals surface area contributed by atoms with E-state index in [4.69, 9.17) is 0 Å². The van der Waals surface area contributed by atoms with Crippen molar-refractivity contribution in [2.24, 2.45) is 0 Å². The minimum Gasteiger partial charge on any atom is -0.338 e. The Hall–Kier alpha value is -1.94. The Morgan fingerprint density at radius 2 is 1.74 bits per heavy atom. The monoisotopic (exact) mass is 271 g/mol. The molecule has 1 amide bonds. The maximum atomic E-state index is 12.4. The van der Waals surface area contributed by atoms with E-state index in [2.05, 4.69) is 0 Å². The van der Waals surface area contributed by atoms with Crippen LogP contribution in [0.25, 0.3) is 0 Å². The average molecular weight is 271 g/mol. The number of thiophene rings is 1. The molecule has 1 aliphatic heterocycles. The first-order valence-corrected chi connectivity index (χ1v) is 7.12. The molecule has 0 bridgehead atoms. The molecule has 4 heteroatoms. The van der Waals surface area contributed by atoms with Crippen molar-refractivity contribution in [3.8, 4) is 0 Å². The van der Waals surface area contributed by atoms with Crippen LogP contribution in [0.3, 0.4) is 0 Å². The van der Waals surface area contributed by atoms with Crippen LogP contribution in [-0.4, -0.2) is 29.7 Å². The van der Waals surface area contributed by atoms with Crippen LogP contribution < -0.4 is 0 Å². The molecule has 0 N–H and O–H groups in total. The van der Waals surface area contributed by atoms with Crippen molar-refractivity contribution in [3.05, 3.63) is 57.8 Å². The molecular weight excluding hydrogens is 258 g/mol. The lowest BCUT2D eigenvalue weighted by Gasteiger charge is -2.31. The number of amides is 1. The third-order valence-corrected chi connectivity index (χ3v) is 4.16. The molecule has 19 heavy (non-hydrogen) atoms. The summed E-state index contributed by atoms with van der Waals surface area (Å²) in [6.07, 6.45) is 1.05. The van der Waals surface area contributed by atoms with Gasteiger partial charge in [0.05, 0.1) is 10.4 Å². The van der Waals surface area contributed by atoms with Crippen LogP contribution in [0.1, 0.15) is 32.0 Å². The molecule has 96 valence electrons. The van der Waals surface area contributed by atoms with Crippen LogP contribution in [0.5, 0.6) is 0 Å². The fourth-order valence-electron chi connectivity index (χ4n) is 2.10. The Kier molecular flexibility index (Phi) is 3.17. The predicted octanol–water partition coefficient (Wildman–Crippen LogP) is 2.83. The molecule has 1 saturated heterocycles. The molecule has 0 atom stereocenters. The molecule has 1 aromatic heterocycles. The third-order valence-electron chi connectivity index (χ3n) is 3.29. The molecule has 3 nitrogen and oxygen atoms in total. The Labute approximate surface area is 115 Å². The Morgan fingerprint density at radius 3 is 2.32 bits per heavy atom. The summed E-state index contributed by atoms with van der Waals surface area (Å²) in [5.41, 5.74) is 1.02. The van der Waals surface area contributed by atoms with Crippen LogP contribution in [-0.2, 0) is 0 Å². The number of nitrogens with zero attached hydrogens (tertiary/aromatic N) is 1. The number of hydrogen-bond donors (Lipinski definition) is 0. The molecular formula is C15H13NO2S. The highest BCUT2D eigenvalue weighted by Gasteiger charge is 2.25. The van der Waals surface area contributed by atoms with Crippen molar-refractivity contribution in [2.45, 2.75) is 6.42 Å². The van der Waals surface area contributed by atoms with E-state index in [9.17, 15) is 9.59 Å². The second-order valence-electron chi connectivity index (χ2n) is 4.50. The van der Waals surface area contributed by atoms with Crippen LogP contribution in [0.15, 0.2) is 41.8 Å². The summed E-state index contributed by atoms with van der Waals surface area (Å²) in [6.45, 7) is 1.58. The number of rotatable bonds is 3. The van der Waals surface area contributed by atoms with E-state index in [1.807, 2.05) is 11.4 Å². The van der Waals surface area contributed by atoms with E-state index < -0.39 is 0 Å². The summed E-state index contributed by atoms with van der Waals surface area (Å²) in [4.78, 5) is 27.1. The molecule has 3 rings (SSSR count). The van der Waals surface area contributed by atoms with E-state index in [1.54, 1.807) is 35.2 Å². The number of carbonyl (C=O) groups excluding carboxylic acids is 2. The van der Waals surface area contributed by atoms with Crippen molar-refractivity contribution < 1.29 is 9.59 Å². The number of ketones is 1. The second-order valence-corrected chi connectivity index (χ2v) is 5.45. The maximum Gasteiger partial charge on any atom is 0.254 e. The van der Waals surface area contributed by atoms with E-state index >= 15 is 0 Å². The first kappa shape index (κ1) is 12.1. The first-order chi connectivity index (χ1) is 9.27. The van der Waals surface area contributed by atoms with Gasteiger partial charge in [0.15, 0.2) is 0 Å². The van der Waals surface area contributed by atoms with Gasteiger partial charge in [-0.15, -0.1) is 11.3 Å².